The van der Waals surface area contributed by atoms with Crippen molar-refractivity contribution in [2.45, 2.75) is 39.4 Å². The van der Waals surface area contributed by atoms with Gasteiger partial charge in [0, 0.05) is 32.6 Å². The van der Waals surface area contributed by atoms with Gasteiger partial charge in [-0.2, -0.15) is 0 Å². The number of likely N-dealkylation sites (tertiary alicyclic amines) is 1. The molecule has 1 atom stereocenters. The zero-order valence-corrected chi connectivity index (χ0v) is 20.6. The molecular weight excluding hydrogens is 452 g/mol. The third-order valence-electron chi connectivity index (χ3n) is 6.59. The Kier molecular flexibility index (Phi) is 8.16. The summed E-state index contributed by atoms with van der Waals surface area (Å²) < 4.78 is 5.47. The normalized spacial score (nSPS) is 17.5. The van der Waals surface area contributed by atoms with Crippen LogP contribution in [0.4, 0.5) is 0 Å². The minimum atomic E-state index is -1.46. The number of carbonyl (C=O) groups is 3. The fourth-order valence-corrected chi connectivity index (χ4v) is 4.73. The molecule has 0 spiro atoms. The molecule has 1 unspecified atom stereocenters. The van der Waals surface area contributed by atoms with Crippen LogP contribution in [0, 0.1) is 5.41 Å². The van der Waals surface area contributed by atoms with Gasteiger partial charge >= 0.3 is 5.97 Å². The van der Waals surface area contributed by atoms with Crippen LogP contribution in [0.5, 0.6) is 0 Å². The van der Waals surface area contributed by atoms with Gasteiger partial charge < -0.3 is 14.5 Å². The highest BCUT2D eigenvalue weighted by Gasteiger charge is 2.53. The van der Waals surface area contributed by atoms with Crippen LogP contribution in [0.3, 0.4) is 0 Å². The summed E-state index contributed by atoms with van der Waals surface area (Å²) in [7, 11) is 0. The van der Waals surface area contributed by atoms with Crippen LogP contribution in [-0.4, -0.2) is 40.7 Å². The van der Waals surface area contributed by atoms with E-state index in [9.17, 15) is 14.4 Å². The van der Waals surface area contributed by atoms with E-state index in [0.29, 0.717) is 19.6 Å². The number of piperidine rings is 1. The summed E-state index contributed by atoms with van der Waals surface area (Å²) in [6, 6.07) is 29.1. The van der Waals surface area contributed by atoms with Crippen LogP contribution in [0.15, 0.2) is 91.0 Å². The Labute approximate surface area is 212 Å². The van der Waals surface area contributed by atoms with Gasteiger partial charge in [-0.05, 0) is 30.0 Å². The molecule has 1 aliphatic rings. The second-order valence-corrected chi connectivity index (χ2v) is 9.17. The average Bonchev–Trinajstić information content (AvgIpc) is 2.91. The maximum Gasteiger partial charge on any atom is 0.323 e. The highest BCUT2D eigenvalue weighted by atomic mass is 16.5. The molecule has 0 saturated carbocycles. The van der Waals surface area contributed by atoms with Gasteiger partial charge in [0.2, 0.25) is 11.8 Å². The summed E-state index contributed by atoms with van der Waals surface area (Å²) >= 11 is 0. The van der Waals surface area contributed by atoms with Crippen molar-refractivity contribution >= 4 is 17.8 Å². The van der Waals surface area contributed by atoms with E-state index in [-0.39, 0.29) is 37.8 Å². The Morgan fingerprint density at radius 1 is 0.833 bits per heavy atom. The molecule has 0 aliphatic carbocycles. The lowest BCUT2D eigenvalue weighted by atomic mass is 9.77. The number of carbonyl (C=O) groups excluding carboxylic acids is 3. The fraction of sp³-hybridized carbons (Fsp3) is 0.300. The fourth-order valence-electron chi connectivity index (χ4n) is 4.73. The number of esters is 1. The molecule has 4 rings (SSSR count). The Morgan fingerprint density at radius 2 is 1.33 bits per heavy atom. The van der Waals surface area contributed by atoms with E-state index >= 15 is 0 Å². The zero-order valence-electron chi connectivity index (χ0n) is 20.6. The molecule has 3 aromatic carbocycles. The minimum Gasteiger partial charge on any atom is -0.465 e. The molecule has 1 heterocycles. The summed E-state index contributed by atoms with van der Waals surface area (Å²) in [6.07, 6.45) is 0.247. The van der Waals surface area contributed by atoms with Crippen molar-refractivity contribution in [2.75, 3.05) is 13.2 Å². The van der Waals surface area contributed by atoms with Crippen LogP contribution in [0.1, 0.15) is 36.5 Å². The van der Waals surface area contributed by atoms with Crippen molar-refractivity contribution in [3.63, 3.8) is 0 Å². The van der Waals surface area contributed by atoms with Gasteiger partial charge in [0.1, 0.15) is 0 Å². The first-order valence-electron chi connectivity index (χ1n) is 12.4. The molecule has 1 fully saturated rings. The van der Waals surface area contributed by atoms with Crippen molar-refractivity contribution < 1.29 is 19.1 Å². The topological polar surface area (TPSA) is 66.9 Å². The molecule has 3 aromatic rings. The zero-order chi connectivity index (χ0) is 25.4. The van der Waals surface area contributed by atoms with E-state index in [1.165, 1.54) is 0 Å². The van der Waals surface area contributed by atoms with E-state index in [2.05, 4.69) is 0 Å². The maximum atomic E-state index is 14.3. The maximum absolute atomic E-state index is 14.3. The van der Waals surface area contributed by atoms with Crippen LogP contribution in [0.25, 0.3) is 0 Å². The third-order valence-corrected chi connectivity index (χ3v) is 6.59. The molecular formula is C30H32N2O4. The Balaban J connectivity index is 1.68. The van der Waals surface area contributed by atoms with Gasteiger partial charge in [-0.3, -0.25) is 14.4 Å². The van der Waals surface area contributed by atoms with Gasteiger partial charge in [-0.15, -0.1) is 0 Å². The third kappa shape index (κ3) is 5.82. The van der Waals surface area contributed by atoms with Crippen LogP contribution < -0.4 is 0 Å². The lowest BCUT2D eigenvalue weighted by Gasteiger charge is -2.42. The molecule has 6 nitrogen and oxygen atoms in total. The molecule has 0 bridgehead atoms. The Morgan fingerprint density at radius 3 is 1.83 bits per heavy atom. The van der Waals surface area contributed by atoms with Crippen molar-refractivity contribution in [3.05, 3.63) is 108 Å². The van der Waals surface area contributed by atoms with Gasteiger partial charge in [0.05, 0.1) is 6.61 Å². The quantitative estimate of drug-likeness (QED) is 0.329. The number of amides is 2. The standard InChI is InChI=1S/C30H32N2O4/c1-2-36-29(35)30(19-18-27(33)32(23-30)22-26-16-10-5-11-17-26)28(34)31(20-24-12-6-3-7-13-24)21-25-14-8-4-9-15-25/h3-17H,2,18-23H2,1H3. The molecule has 0 aromatic heterocycles. The molecule has 0 radical (unpaired) electrons. The Bertz CT molecular complexity index is 1130. The lowest BCUT2D eigenvalue weighted by Crippen LogP contribution is -2.58. The van der Waals surface area contributed by atoms with E-state index in [0.717, 1.165) is 16.7 Å². The SMILES string of the molecule is CCOC(=O)C1(C(=O)N(Cc2ccccc2)Cc2ccccc2)CCC(=O)N(Cc2ccccc2)C1. The van der Waals surface area contributed by atoms with E-state index < -0.39 is 11.4 Å². The van der Waals surface area contributed by atoms with Crippen molar-refractivity contribution in [1.82, 2.24) is 9.80 Å². The average molecular weight is 485 g/mol. The molecule has 36 heavy (non-hydrogen) atoms. The highest BCUT2D eigenvalue weighted by Crippen LogP contribution is 2.36. The first-order valence-corrected chi connectivity index (χ1v) is 12.4. The number of rotatable bonds is 9. The summed E-state index contributed by atoms with van der Waals surface area (Å²) in [5.74, 6) is -0.935. The van der Waals surface area contributed by atoms with Gasteiger partial charge in [0.25, 0.3) is 0 Å². The summed E-state index contributed by atoms with van der Waals surface area (Å²) in [4.78, 5) is 44.0. The van der Waals surface area contributed by atoms with E-state index in [4.69, 9.17) is 4.74 Å². The molecule has 2 amide bonds. The van der Waals surface area contributed by atoms with Crippen molar-refractivity contribution in [3.8, 4) is 0 Å². The first kappa shape index (κ1) is 25.2. The highest BCUT2D eigenvalue weighted by molar-refractivity contribution is 6.04. The number of hydrogen-bond donors (Lipinski definition) is 0. The summed E-state index contributed by atoms with van der Waals surface area (Å²) in [6.45, 7) is 2.93. The predicted molar refractivity (Wildman–Crippen MR) is 137 cm³/mol. The minimum absolute atomic E-state index is 0.00151. The van der Waals surface area contributed by atoms with Crippen LogP contribution >= 0.6 is 0 Å². The summed E-state index contributed by atoms with van der Waals surface area (Å²) in [5, 5.41) is 0. The molecule has 0 N–H and O–H groups in total. The summed E-state index contributed by atoms with van der Waals surface area (Å²) in [5.41, 5.74) is 1.42. The smallest absolute Gasteiger partial charge is 0.323 e. The molecule has 1 saturated heterocycles. The van der Waals surface area contributed by atoms with Crippen molar-refractivity contribution in [1.29, 1.82) is 0 Å². The number of nitrogens with zero attached hydrogens (tertiary/aromatic N) is 2. The second kappa shape index (κ2) is 11.7. The lowest BCUT2D eigenvalue weighted by molar-refractivity contribution is -0.172. The van der Waals surface area contributed by atoms with E-state index in [1.807, 2.05) is 91.0 Å². The molecule has 6 heteroatoms. The van der Waals surface area contributed by atoms with E-state index in [1.54, 1.807) is 16.7 Å². The first-order chi connectivity index (χ1) is 17.5. The predicted octanol–water partition coefficient (Wildman–Crippen LogP) is 4.59. The van der Waals surface area contributed by atoms with Gasteiger partial charge in [-0.1, -0.05) is 91.0 Å². The van der Waals surface area contributed by atoms with Gasteiger partial charge in [0.15, 0.2) is 5.41 Å². The monoisotopic (exact) mass is 484 g/mol. The second-order valence-electron chi connectivity index (χ2n) is 9.17. The number of hydrogen-bond acceptors (Lipinski definition) is 4. The van der Waals surface area contributed by atoms with Crippen molar-refractivity contribution in [2.24, 2.45) is 5.41 Å². The number of benzene rings is 3. The van der Waals surface area contributed by atoms with Crippen LogP contribution in [-0.2, 0) is 38.8 Å². The molecule has 186 valence electrons. The largest absolute Gasteiger partial charge is 0.465 e. The number of ether oxygens (including phenoxy) is 1. The molecule has 1 aliphatic heterocycles. The van der Waals surface area contributed by atoms with Crippen LogP contribution in [0.2, 0.25) is 0 Å². The Hall–Kier alpha value is -3.93. The van der Waals surface area contributed by atoms with Gasteiger partial charge in [-0.25, -0.2) is 0 Å².